The number of rotatable bonds is 7. The Labute approximate surface area is 154 Å². The molecule has 6 nitrogen and oxygen atoms in total. The molecule has 7 heteroatoms. The van der Waals surface area contributed by atoms with Crippen LogP contribution < -0.4 is 15.2 Å². The Bertz CT molecular complexity index is 908. The van der Waals surface area contributed by atoms with Crippen molar-refractivity contribution in [3.8, 4) is 5.75 Å². The molecule has 2 aromatic carbocycles. The van der Waals surface area contributed by atoms with Gasteiger partial charge in [0.2, 0.25) is 10.0 Å². The summed E-state index contributed by atoms with van der Waals surface area (Å²) in [5, 5.41) is 7.95. The molecule has 0 aromatic heterocycles. The van der Waals surface area contributed by atoms with E-state index in [-0.39, 0.29) is 17.4 Å². The lowest BCUT2D eigenvalue weighted by Crippen LogP contribution is -2.28. The van der Waals surface area contributed by atoms with Crippen molar-refractivity contribution in [2.24, 2.45) is 5.14 Å². The van der Waals surface area contributed by atoms with Gasteiger partial charge in [0.1, 0.15) is 12.4 Å². The summed E-state index contributed by atoms with van der Waals surface area (Å²) in [7, 11) is -3.74. The molecule has 140 valence electrons. The standard InChI is InChI=1S/C19H24N2O4S/c1-4-15-12-17(26(20,23)24)7-8-18(15)25-10-9-21-19(22)16-6-5-13(2)14(3)11-16/h5-8,11-12H,4,9-10H2,1-3H3,(H,21,22)(H2,20,23,24). The summed E-state index contributed by atoms with van der Waals surface area (Å²) in [6.45, 7) is 6.48. The van der Waals surface area contributed by atoms with Gasteiger partial charge in [-0.3, -0.25) is 4.79 Å². The number of carbonyl (C=O) groups is 1. The van der Waals surface area contributed by atoms with Crippen molar-refractivity contribution in [3.63, 3.8) is 0 Å². The van der Waals surface area contributed by atoms with Crippen molar-refractivity contribution < 1.29 is 17.9 Å². The molecule has 2 aromatic rings. The maximum atomic E-state index is 12.2. The van der Waals surface area contributed by atoms with Gasteiger partial charge in [0.25, 0.3) is 5.91 Å². The van der Waals surface area contributed by atoms with Crippen LogP contribution in [-0.2, 0) is 16.4 Å². The van der Waals surface area contributed by atoms with Gasteiger partial charge in [-0.15, -0.1) is 0 Å². The summed E-state index contributed by atoms with van der Waals surface area (Å²) in [4.78, 5) is 12.2. The first-order valence-electron chi connectivity index (χ1n) is 8.36. The minimum Gasteiger partial charge on any atom is -0.491 e. The van der Waals surface area contributed by atoms with Crippen molar-refractivity contribution in [2.45, 2.75) is 32.1 Å². The number of carbonyl (C=O) groups excluding carboxylic acids is 1. The average Bonchev–Trinajstić information content (AvgIpc) is 2.60. The van der Waals surface area contributed by atoms with Crippen LogP contribution in [0.4, 0.5) is 0 Å². The van der Waals surface area contributed by atoms with Crippen LogP contribution >= 0.6 is 0 Å². The van der Waals surface area contributed by atoms with Crippen molar-refractivity contribution >= 4 is 15.9 Å². The summed E-state index contributed by atoms with van der Waals surface area (Å²) in [5.41, 5.74) is 3.56. The second-order valence-electron chi connectivity index (χ2n) is 6.07. The van der Waals surface area contributed by atoms with E-state index in [1.165, 1.54) is 12.1 Å². The molecule has 0 saturated carbocycles. The molecular formula is C19H24N2O4S. The number of hydrogen-bond donors (Lipinski definition) is 2. The Hall–Kier alpha value is -2.38. The first-order chi connectivity index (χ1) is 12.2. The van der Waals surface area contributed by atoms with Gasteiger partial charge >= 0.3 is 0 Å². The Kier molecular flexibility index (Phi) is 6.39. The third-order valence-corrected chi connectivity index (χ3v) is 5.07. The first-order valence-corrected chi connectivity index (χ1v) is 9.91. The van der Waals surface area contributed by atoms with Gasteiger partial charge in [-0.25, -0.2) is 13.6 Å². The van der Waals surface area contributed by atoms with Gasteiger partial charge in [-0.2, -0.15) is 0 Å². The van der Waals surface area contributed by atoms with Gasteiger partial charge < -0.3 is 10.1 Å². The van der Waals surface area contributed by atoms with Crippen molar-refractivity contribution in [1.82, 2.24) is 5.32 Å². The number of benzene rings is 2. The quantitative estimate of drug-likeness (QED) is 0.725. The van der Waals surface area contributed by atoms with Crippen molar-refractivity contribution in [2.75, 3.05) is 13.2 Å². The highest BCUT2D eigenvalue weighted by molar-refractivity contribution is 7.89. The van der Waals surface area contributed by atoms with E-state index in [1.54, 1.807) is 12.1 Å². The molecule has 0 bridgehead atoms. The number of amides is 1. The van der Waals surface area contributed by atoms with E-state index in [4.69, 9.17) is 9.88 Å². The number of aryl methyl sites for hydroxylation is 3. The molecule has 26 heavy (non-hydrogen) atoms. The summed E-state index contributed by atoms with van der Waals surface area (Å²) < 4.78 is 28.5. The molecule has 3 N–H and O–H groups in total. The van der Waals surface area contributed by atoms with E-state index >= 15 is 0 Å². The van der Waals surface area contributed by atoms with Crippen LogP contribution in [0.25, 0.3) is 0 Å². The van der Waals surface area contributed by atoms with Crippen LogP contribution in [0.5, 0.6) is 5.75 Å². The molecule has 0 aliphatic rings. The topological polar surface area (TPSA) is 98.5 Å². The molecule has 0 heterocycles. The van der Waals surface area contributed by atoms with E-state index in [9.17, 15) is 13.2 Å². The van der Waals surface area contributed by atoms with Crippen LogP contribution in [0.1, 0.15) is 34.0 Å². The molecule has 0 atom stereocenters. The van der Waals surface area contributed by atoms with Crippen LogP contribution in [0.15, 0.2) is 41.3 Å². The molecule has 0 saturated heterocycles. The minimum absolute atomic E-state index is 0.0599. The molecule has 0 aliphatic heterocycles. The van der Waals surface area contributed by atoms with Gasteiger partial charge in [0.15, 0.2) is 0 Å². The van der Waals surface area contributed by atoms with Crippen LogP contribution in [0, 0.1) is 13.8 Å². The molecule has 0 unspecified atom stereocenters. The predicted octanol–water partition coefficient (Wildman–Crippen LogP) is 2.32. The third-order valence-electron chi connectivity index (χ3n) is 4.16. The number of hydrogen-bond acceptors (Lipinski definition) is 4. The van der Waals surface area contributed by atoms with Crippen molar-refractivity contribution in [1.29, 1.82) is 0 Å². The van der Waals surface area contributed by atoms with Crippen LogP contribution in [0.2, 0.25) is 0 Å². The zero-order chi connectivity index (χ0) is 19.3. The summed E-state index contributed by atoms with van der Waals surface area (Å²) in [6, 6.07) is 10.1. The monoisotopic (exact) mass is 376 g/mol. The molecule has 0 aliphatic carbocycles. The summed E-state index contributed by atoms with van der Waals surface area (Å²) in [5.74, 6) is 0.428. The fourth-order valence-electron chi connectivity index (χ4n) is 2.46. The first kappa shape index (κ1) is 19.9. The highest BCUT2D eigenvalue weighted by atomic mass is 32.2. The summed E-state index contributed by atoms with van der Waals surface area (Å²) in [6.07, 6.45) is 0.605. The molecule has 0 radical (unpaired) electrons. The predicted molar refractivity (Wildman–Crippen MR) is 101 cm³/mol. The lowest BCUT2D eigenvalue weighted by molar-refractivity contribution is 0.0947. The molecular weight excluding hydrogens is 352 g/mol. The fraction of sp³-hybridized carbons (Fsp3) is 0.316. The highest BCUT2D eigenvalue weighted by Gasteiger charge is 2.12. The number of nitrogens with two attached hydrogens (primary N) is 1. The summed E-state index contributed by atoms with van der Waals surface area (Å²) >= 11 is 0. The van der Waals surface area contributed by atoms with E-state index in [1.807, 2.05) is 32.9 Å². The van der Waals surface area contributed by atoms with Crippen molar-refractivity contribution in [3.05, 3.63) is 58.7 Å². The largest absolute Gasteiger partial charge is 0.491 e. The average molecular weight is 376 g/mol. The number of sulfonamides is 1. The van der Waals surface area contributed by atoms with Crippen LogP contribution in [-0.4, -0.2) is 27.5 Å². The van der Waals surface area contributed by atoms with Gasteiger partial charge in [0, 0.05) is 5.56 Å². The Morgan fingerprint density at radius 1 is 1.12 bits per heavy atom. The second-order valence-corrected chi connectivity index (χ2v) is 7.63. The maximum absolute atomic E-state index is 12.2. The molecule has 1 amide bonds. The smallest absolute Gasteiger partial charge is 0.251 e. The van der Waals surface area contributed by atoms with Gasteiger partial charge in [0.05, 0.1) is 11.4 Å². The lowest BCUT2D eigenvalue weighted by atomic mass is 10.1. The fourth-order valence-corrected chi connectivity index (χ4v) is 3.02. The van der Waals surface area contributed by atoms with Gasteiger partial charge in [-0.1, -0.05) is 13.0 Å². The van der Waals surface area contributed by atoms with E-state index in [0.29, 0.717) is 24.3 Å². The van der Waals surface area contributed by atoms with Gasteiger partial charge in [-0.05, 0) is 67.3 Å². The highest BCUT2D eigenvalue weighted by Crippen LogP contribution is 2.22. The zero-order valence-electron chi connectivity index (χ0n) is 15.2. The SMILES string of the molecule is CCc1cc(S(N)(=O)=O)ccc1OCCNC(=O)c1ccc(C)c(C)c1. The Morgan fingerprint density at radius 2 is 1.85 bits per heavy atom. The Balaban J connectivity index is 1.93. The minimum atomic E-state index is -3.74. The van der Waals surface area contributed by atoms with E-state index in [0.717, 1.165) is 16.7 Å². The third kappa shape index (κ3) is 5.06. The zero-order valence-corrected chi connectivity index (χ0v) is 16.0. The Morgan fingerprint density at radius 3 is 2.46 bits per heavy atom. The maximum Gasteiger partial charge on any atom is 0.251 e. The number of primary sulfonamides is 1. The number of nitrogens with one attached hydrogen (secondary N) is 1. The van der Waals surface area contributed by atoms with E-state index in [2.05, 4.69) is 5.32 Å². The molecule has 0 spiro atoms. The molecule has 2 rings (SSSR count). The molecule has 0 fully saturated rings. The van der Waals surface area contributed by atoms with Crippen LogP contribution in [0.3, 0.4) is 0 Å². The van der Waals surface area contributed by atoms with E-state index < -0.39 is 10.0 Å². The second kappa shape index (κ2) is 8.33. The lowest BCUT2D eigenvalue weighted by Gasteiger charge is -2.12. The normalized spacial score (nSPS) is 11.2. The number of ether oxygens (including phenoxy) is 1.